The highest BCUT2D eigenvalue weighted by Crippen LogP contribution is 2.24. The Morgan fingerprint density at radius 1 is 1.30 bits per heavy atom. The van der Waals surface area contributed by atoms with Gasteiger partial charge in [0.2, 0.25) is 0 Å². The van der Waals surface area contributed by atoms with Gasteiger partial charge in [-0.25, -0.2) is 4.99 Å². The molecular formula is C16H25N3O. The lowest BCUT2D eigenvalue weighted by atomic mass is 9.89. The molecule has 110 valence electrons. The molecule has 0 saturated carbocycles. The van der Waals surface area contributed by atoms with Gasteiger partial charge in [0.15, 0.2) is 5.96 Å². The molecule has 2 rings (SSSR count). The molecule has 1 saturated heterocycles. The number of ether oxygens (including phenoxy) is 1. The van der Waals surface area contributed by atoms with Gasteiger partial charge in [0, 0.05) is 18.5 Å². The Hall–Kier alpha value is -1.55. The van der Waals surface area contributed by atoms with Gasteiger partial charge in [-0.15, -0.1) is 0 Å². The largest absolute Gasteiger partial charge is 0.380 e. The predicted molar refractivity (Wildman–Crippen MR) is 82.9 cm³/mol. The first-order valence-corrected chi connectivity index (χ1v) is 7.27. The fraction of sp³-hybridized carbons (Fsp3) is 0.562. The van der Waals surface area contributed by atoms with Gasteiger partial charge in [0.25, 0.3) is 0 Å². The Morgan fingerprint density at radius 2 is 2.05 bits per heavy atom. The van der Waals surface area contributed by atoms with E-state index in [9.17, 15) is 0 Å². The van der Waals surface area contributed by atoms with Gasteiger partial charge in [-0.2, -0.15) is 0 Å². The molecule has 1 fully saturated rings. The Morgan fingerprint density at radius 3 is 2.65 bits per heavy atom. The fourth-order valence-corrected chi connectivity index (χ4v) is 2.14. The number of aryl methyl sites for hydroxylation is 1. The number of guanidine groups is 1. The van der Waals surface area contributed by atoms with Crippen molar-refractivity contribution in [2.75, 3.05) is 26.3 Å². The summed E-state index contributed by atoms with van der Waals surface area (Å²) in [6.07, 6.45) is 0. The molecule has 1 aliphatic rings. The van der Waals surface area contributed by atoms with Gasteiger partial charge in [0.1, 0.15) is 0 Å². The van der Waals surface area contributed by atoms with Crippen LogP contribution in [0.4, 0.5) is 0 Å². The molecule has 4 heteroatoms. The second kappa shape index (κ2) is 6.75. The Balaban J connectivity index is 1.93. The van der Waals surface area contributed by atoms with E-state index in [1.807, 2.05) is 0 Å². The monoisotopic (exact) mass is 275 g/mol. The molecule has 0 unspecified atom stereocenters. The van der Waals surface area contributed by atoms with Crippen molar-refractivity contribution in [3.05, 3.63) is 35.4 Å². The number of hydrogen-bond donors (Lipinski definition) is 2. The molecule has 4 nitrogen and oxygen atoms in total. The highest BCUT2D eigenvalue weighted by atomic mass is 16.5. The minimum Gasteiger partial charge on any atom is -0.380 e. The van der Waals surface area contributed by atoms with Crippen LogP contribution in [-0.4, -0.2) is 32.3 Å². The van der Waals surface area contributed by atoms with E-state index in [0.29, 0.717) is 6.54 Å². The Bertz CT molecular complexity index is 467. The molecule has 2 N–H and O–H groups in total. The van der Waals surface area contributed by atoms with Crippen molar-refractivity contribution >= 4 is 5.96 Å². The number of aliphatic imine (C=N–C) groups is 1. The van der Waals surface area contributed by atoms with Crippen molar-refractivity contribution in [3.8, 4) is 0 Å². The van der Waals surface area contributed by atoms with E-state index >= 15 is 0 Å². The number of rotatable bonds is 5. The normalized spacial score (nSPS) is 17.4. The molecule has 0 atom stereocenters. The first kappa shape index (κ1) is 14.9. The summed E-state index contributed by atoms with van der Waals surface area (Å²) in [5, 5.41) is 6.70. The lowest BCUT2D eigenvalue weighted by molar-refractivity contribution is -0.0971. The summed E-state index contributed by atoms with van der Waals surface area (Å²) in [7, 11) is 0. The van der Waals surface area contributed by atoms with Crippen LogP contribution in [0, 0.1) is 12.3 Å². The van der Waals surface area contributed by atoms with Crippen LogP contribution in [0.5, 0.6) is 0 Å². The summed E-state index contributed by atoms with van der Waals surface area (Å²) in [4.78, 5) is 4.66. The number of nitrogens with zero attached hydrogens (tertiary/aromatic N) is 1. The van der Waals surface area contributed by atoms with Crippen LogP contribution in [0.1, 0.15) is 25.0 Å². The second-order valence-corrected chi connectivity index (χ2v) is 5.78. The number of hydrogen-bond acceptors (Lipinski definition) is 2. The average Bonchev–Trinajstić information content (AvgIpc) is 2.41. The Labute approximate surface area is 121 Å². The van der Waals surface area contributed by atoms with Crippen molar-refractivity contribution in [2.45, 2.75) is 27.3 Å². The lowest BCUT2D eigenvalue weighted by Crippen LogP contribution is -2.51. The van der Waals surface area contributed by atoms with E-state index in [-0.39, 0.29) is 5.41 Å². The van der Waals surface area contributed by atoms with Crippen LogP contribution >= 0.6 is 0 Å². The molecule has 1 aliphatic heterocycles. The van der Waals surface area contributed by atoms with Crippen molar-refractivity contribution in [2.24, 2.45) is 10.4 Å². The molecule has 0 radical (unpaired) electrons. The quantitative estimate of drug-likeness (QED) is 0.639. The SMILES string of the molecule is CCNC(=NCc1ccccc1C)NCC1(C)COC1. The zero-order chi connectivity index (χ0) is 14.4. The summed E-state index contributed by atoms with van der Waals surface area (Å²) in [5.74, 6) is 0.879. The topological polar surface area (TPSA) is 45.7 Å². The highest BCUT2D eigenvalue weighted by molar-refractivity contribution is 5.79. The maximum Gasteiger partial charge on any atom is 0.191 e. The molecule has 0 amide bonds. The van der Waals surface area contributed by atoms with Crippen molar-refractivity contribution in [1.82, 2.24) is 10.6 Å². The molecule has 0 aromatic heterocycles. The van der Waals surface area contributed by atoms with Crippen LogP contribution in [0.15, 0.2) is 29.3 Å². The molecule has 1 heterocycles. The maximum atomic E-state index is 5.27. The van der Waals surface area contributed by atoms with E-state index in [2.05, 4.69) is 60.7 Å². The average molecular weight is 275 g/mol. The maximum absolute atomic E-state index is 5.27. The van der Waals surface area contributed by atoms with Gasteiger partial charge < -0.3 is 15.4 Å². The summed E-state index contributed by atoms with van der Waals surface area (Å²) in [6, 6.07) is 8.37. The summed E-state index contributed by atoms with van der Waals surface area (Å²) in [6.45, 7) is 10.6. The fourth-order valence-electron chi connectivity index (χ4n) is 2.14. The Kier molecular flexibility index (Phi) is 5.01. The van der Waals surface area contributed by atoms with Crippen molar-refractivity contribution in [1.29, 1.82) is 0 Å². The van der Waals surface area contributed by atoms with E-state index in [0.717, 1.165) is 32.3 Å². The minimum atomic E-state index is 0.249. The number of benzene rings is 1. The first-order chi connectivity index (χ1) is 9.63. The van der Waals surface area contributed by atoms with E-state index < -0.39 is 0 Å². The molecule has 0 aliphatic carbocycles. The van der Waals surface area contributed by atoms with Crippen molar-refractivity contribution in [3.63, 3.8) is 0 Å². The standard InChI is InChI=1S/C16H25N3O/c1-4-17-15(19-10-16(3)11-20-12-16)18-9-14-8-6-5-7-13(14)2/h5-8H,4,9-12H2,1-3H3,(H2,17,18,19). The smallest absolute Gasteiger partial charge is 0.191 e. The van der Waals surface area contributed by atoms with Gasteiger partial charge in [0.05, 0.1) is 19.8 Å². The highest BCUT2D eigenvalue weighted by Gasteiger charge is 2.33. The van der Waals surface area contributed by atoms with Gasteiger partial charge in [-0.3, -0.25) is 0 Å². The minimum absolute atomic E-state index is 0.249. The summed E-state index contributed by atoms with van der Waals surface area (Å²) in [5.41, 5.74) is 2.80. The van der Waals surface area contributed by atoms with Gasteiger partial charge in [-0.05, 0) is 25.0 Å². The summed E-state index contributed by atoms with van der Waals surface area (Å²) < 4.78 is 5.27. The summed E-state index contributed by atoms with van der Waals surface area (Å²) >= 11 is 0. The molecule has 0 bridgehead atoms. The molecular weight excluding hydrogens is 250 g/mol. The van der Waals surface area contributed by atoms with Crippen LogP contribution in [0.25, 0.3) is 0 Å². The molecule has 20 heavy (non-hydrogen) atoms. The van der Waals surface area contributed by atoms with Crippen LogP contribution < -0.4 is 10.6 Å². The van der Waals surface area contributed by atoms with E-state index in [4.69, 9.17) is 4.74 Å². The van der Waals surface area contributed by atoms with E-state index in [1.54, 1.807) is 0 Å². The first-order valence-electron chi connectivity index (χ1n) is 7.27. The van der Waals surface area contributed by atoms with Crippen LogP contribution in [0.2, 0.25) is 0 Å². The van der Waals surface area contributed by atoms with E-state index in [1.165, 1.54) is 11.1 Å². The van der Waals surface area contributed by atoms with Gasteiger partial charge >= 0.3 is 0 Å². The molecule has 1 aromatic rings. The lowest BCUT2D eigenvalue weighted by Gasteiger charge is -2.38. The third kappa shape index (κ3) is 3.97. The third-order valence-electron chi connectivity index (χ3n) is 3.60. The van der Waals surface area contributed by atoms with Crippen LogP contribution in [-0.2, 0) is 11.3 Å². The number of nitrogens with one attached hydrogen (secondary N) is 2. The van der Waals surface area contributed by atoms with Crippen LogP contribution in [0.3, 0.4) is 0 Å². The predicted octanol–water partition coefficient (Wildman–Crippen LogP) is 2.09. The third-order valence-corrected chi connectivity index (χ3v) is 3.60. The van der Waals surface area contributed by atoms with Crippen molar-refractivity contribution < 1.29 is 4.74 Å². The zero-order valence-electron chi connectivity index (χ0n) is 12.7. The van der Waals surface area contributed by atoms with Gasteiger partial charge in [-0.1, -0.05) is 31.2 Å². The molecule has 0 spiro atoms. The second-order valence-electron chi connectivity index (χ2n) is 5.78. The molecule has 1 aromatic carbocycles. The zero-order valence-corrected chi connectivity index (χ0v) is 12.7.